The molecule has 1 heterocycles. The first-order chi connectivity index (χ1) is 12.3. The number of nitrogens with one attached hydrogen (secondary N) is 2. The van der Waals surface area contributed by atoms with Crippen LogP contribution in [0.3, 0.4) is 0 Å². The highest BCUT2D eigenvalue weighted by molar-refractivity contribution is 14.0. The molecule has 2 N–H and O–H groups in total. The molecule has 1 aromatic rings. The smallest absolute Gasteiger partial charge is 0.191 e. The Morgan fingerprint density at radius 2 is 2.04 bits per heavy atom. The Labute approximate surface area is 179 Å². The summed E-state index contributed by atoms with van der Waals surface area (Å²) in [7, 11) is 0. The molecule has 4 unspecified atom stereocenters. The summed E-state index contributed by atoms with van der Waals surface area (Å²) < 4.78 is 5.99. The van der Waals surface area contributed by atoms with E-state index < -0.39 is 0 Å². The van der Waals surface area contributed by atoms with Gasteiger partial charge in [-0.1, -0.05) is 30.3 Å². The van der Waals surface area contributed by atoms with Gasteiger partial charge in [0, 0.05) is 36.9 Å². The lowest BCUT2D eigenvalue weighted by Crippen LogP contribution is -2.43. The molecule has 1 aliphatic carbocycles. The van der Waals surface area contributed by atoms with Crippen molar-refractivity contribution in [3.05, 3.63) is 35.9 Å². The van der Waals surface area contributed by atoms with Crippen LogP contribution in [0.2, 0.25) is 0 Å². The van der Waals surface area contributed by atoms with Crippen molar-refractivity contribution in [1.82, 2.24) is 10.6 Å². The summed E-state index contributed by atoms with van der Waals surface area (Å²) in [4.78, 5) is 4.89. The minimum absolute atomic E-state index is 0. The van der Waals surface area contributed by atoms with Crippen molar-refractivity contribution in [2.75, 3.05) is 26.0 Å². The van der Waals surface area contributed by atoms with E-state index >= 15 is 0 Å². The van der Waals surface area contributed by atoms with Gasteiger partial charge in [0.25, 0.3) is 0 Å². The van der Waals surface area contributed by atoms with E-state index in [1.54, 1.807) is 0 Å². The van der Waals surface area contributed by atoms with Crippen molar-refractivity contribution in [3.8, 4) is 0 Å². The number of nitrogens with zero attached hydrogens (tertiary/aromatic N) is 1. The largest absolute Gasteiger partial charge is 0.373 e. The van der Waals surface area contributed by atoms with Crippen LogP contribution in [-0.2, 0) is 4.74 Å². The van der Waals surface area contributed by atoms with Gasteiger partial charge in [-0.2, -0.15) is 11.8 Å². The molecule has 6 heteroatoms. The molecular formula is C20H32IN3OS. The molecule has 3 rings (SSSR count). The maximum Gasteiger partial charge on any atom is 0.191 e. The molecule has 1 aliphatic heterocycles. The molecule has 4 atom stereocenters. The maximum atomic E-state index is 5.99. The van der Waals surface area contributed by atoms with Crippen LogP contribution in [0.25, 0.3) is 0 Å². The number of thioether (sulfide) groups is 1. The molecule has 26 heavy (non-hydrogen) atoms. The predicted octanol–water partition coefficient (Wildman–Crippen LogP) is 4.22. The molecular weight excluding hydrogens is 457 g/mol. The Morgan fingerprint density at radius 3 is 2.73 bits per heavy atom. The number of guanidine groups is 1. The molecule has 2 aliphatic rings. The first-order valence-electron chi connectivity index (χ1n) is 9.54. The van der Waals surface area contributed by atoms with E-state index in [-0.39, 0.29) is 30.1 Å². The highest BCUT2D eigenvalue weighted by Gasteiger charge is 2.30. The molecule has 146 valence electrons. The Kier molecular flexibility index (Phi) is 9.56. The first kappa shape index (κ1) is 21.8. The van der Waals surface area contributed by atoms with Gasteiger partial charge >= 0.3 is 0 Å². The van der Waals surface area contributed by atoms with Crippen LogP contribution in [0.1, 0.15) is 44.3 Å². The van der Waals surface area contributed by atoms with Gasteiger partial charge in [-0.3, -0.25) is 4.99 Å². The Bertz CT molecular complexity index is 557. The van der Waals surface area contributed by atoms with Crippen LogP contribution < -0.4 is 10.6 Å². The van der Waals surface area contributed by atoms with Gasteiger partial charge in [-0.15, -0.1) is 24.0 Å². The van der Waals surface area contributed by atoms with Gasteiger partial charge in [0.2, 0.25) is 0 Å². The predicted molar refractivity (Wildman–Crippen MR) is 123 cm³/mol. The topological polar surface area (TPSA) is 45.7 Å². The van der Waals surface area contributed by atoms with Gasteiger partial charge in [0.05, 0.1) is 6.10 Å². The Balaban J connectivity index is 0.00000243. The second-order valence-electron chi connectivity index (χ2n) is 6.98. The van der Waals surface area contributed by atoms with E-state index in [1.165, 1.54) is 24.8 Å². The lowest BCUT2D eigenvalue weighted by atomic mass is 9.95. The molecule has 1 aromatic carbocycles. The lowest BCUT2D eigenvalue weighted by Gasteiger charge is -2.20. The van der Waals surface area contributed by atoms with E-state index in [0.29, 0.717) is 12.0 Å². The number of halogens is 1. The zero-order chi connectivity index (χ0) is 17.5. The Morgan fingerprint density at radius 1 is 1.23 bits per heavy atom. The summed E-state index contributed by atoms with van der Waals surface area (Å²) in [6.45, 7) is 4.67. The van der Waals surface area contributed by atoms with E-state index in [2.05, 4.69) is 54.1 Å². The molecule has 1 saturated carbocycles. The summed E-state index contributed by atoms with van der Waals surface area (Å²) >= 11 is 1.99. The van der Waals surface area contributed by atoms with Crippen LogP contribution in [-0.4, -0.2) is 43.2 Å². The fourth-order valence-corrected chi connectivity index (χ4v) is 4.64. The van der Waals surface area contributed by atoms with Crippen molar-refractivity contribution in [3.63, 3.8) is 0 Å². The average Bonchev–Trinajstić information content (AvgIpc) is 3.29. The van der Waals surface area contributed by atoms with Gasteiger partial charge in [-0.25, -0.2) is 0 Å². The monoisotopic (exact) mass is 489 g/mol. The summed E-state index contributed by atoms with van der Waals surface area (Å²) in [5.41, 5.74) is 1.27. The lowest BCUT2D eigenvalue weighted by molar-refractivity contribution is 0.0925. The molecule has 1 saturated heterocycles. The third kappa shape index (κ3) is 6.02. The summed E-state index contributed by atoms with van der Waals surface area (Å²) in [6, 6.07) is 11.1. The van der Waals surface area contributed by atoms with Gasteiger partial charge < -0.3 is 15.4 Å². The van der Waals surface area contributed by atoms with E-state index in [4.69, 9.17) is 9.73 Å². The standard InChI is InChI=1S/C20H31N3OS.HI/c1-3-21-20(23-17-9-10-18(13-17)25-2)22-14-16-11-12-24-19(16)15-7-5-4-6-8-15;/h4-8,16-19H,3,9-14H2,1-2H3,(H2,21,22,23);1H. The molecule has 0 bridgehead atoms. The normalized spacial score (nSPS) is 28.6. The third-order valence-corrected chi connectivity index (χ3v) is 6.32. The fraction of sp³-hybridized carbons (Fsp3) is 0.650. The zero-order valence-electron chi connectivity index (χ0n) is 15.8. The van der Waals surface area contributed by atoms with Crippen LogP contribution in [0.5, 0.6) is 0 Å². The summed E-state index contributed by atoms with van der Waals surface area (Å²) in [5, 5.41) is 7.85. The van der Waals surface area contributed by atoms with Gasteiger partial charge in [0.15, 0.2) is 5.96 Å². The number of hydrogen-bond donors (Lipinski definition) is 2. The second-order valence-corrected chi connectivity index (χ2v) is 8.12. The molecule has 4 nitrogen and oxygen atoms in total. The zero-order valence-corrected chi connectivity index (χ0v) is 19.0. The van der Waals surface area contributed by atoms with Crippen molar-refractivity contribution in [2.45, 2.75) is 50.0 Å². The van der Waals surface area contributed by atoms with Gasteiger partial charge in [-0.05, 0) is 44.4 Å². The minimum atomic E-state index is 0. The summed E-state index contributed by atoms with van der Waals surface area (Å²) in [6.07, 6.45) is 7.28. The number of aliphatic imine (C=N–C) groups is 1. The van der Waals surface area contributed by atoms with Crippen molar-refractivity contribution >= 4 is 41.7 Å². The van der Waals surface area contributed by atoms with Crippen LogP contribution in [0.4, 0.5) is 0 Å². The fourth-order valence-electron chi connectivity index (χ4n) is 3.84. The maximum absolute atomic E-state index is 5.99. The van der Waals surface area contributed by atoms with E-state index in [0.717, 1.165) is 37.3 Å². The molecule has 0 spiro atoms. The Hall–Kier alpha value is -0.470. The first-order valence-corrected chi connectivity index (χ1v) is 10.8. The molecule has 2 fully saturated rings. The van der Waals surface area contributed by atoms with Crippen LogP contribution >= 0.6 is 35.7 Å². The van der Waals surface area contributed by atoms with Crippen LogP contribution in [0, 0.1) is 5.92 Å². The van der Waals surface area contributed by atoms with Crippen molar-refractivity contribution in [2.24, 2.45) is 10.9 Å². The number of rotatable bonds is 6. The SMILES string of the molecule is CCNC(=NCC1CCOC1c1ccccc1)NC1CCC(SC)C1.I. The van der Waals surface area contributed by atoms with E-state index in [9.17, 15) is 0 Å². The third-order valence-electron chi connectivity index (χ3n) is 5.23. The number of hydrogen-bond acceptors (Lipinski definition) is 3. The number of benzene rings is 1. The van der Waals surface area contributed by atoms with Crippen molar-refractivity contribution < 1.29 is 4.74 Å². The highest BCUT2D eigenvalue weighted by Crippen LogP contribution is 2.34. The molecule has 0 amide bonds. The second kappa shape index (κ2) is 11.4. The van der Waals surface area contributed by atoms with E-state index in [1.807, 2.05) is 11.8 Å². The molecule has 0 aromatic heterocycles. The molecule has 0 radical (unpaired) electrons. The van der Waals surface area contributed by atoms with Crippen LogP contribution in [0.15, 0.2) is 35.3 Å². The average molecular weight is 489 g/mol. The number of ether oxygens (including phenoxy) is 1. The summed E-state index contributed by atoms with van der Waals surface area (Å²) in [5.74, 6) is 1.42. The highest BCUT2D eigenvalue weighted by atomic mass is 127. The quantitative estimate of drug-likeness (QED) is 0.357. The van der Waals surface area contributed by atoms with Crippen molar-refractivity contribution in [1.29, 1.82) is 0 Å². The minimum Gasteiger partial charge on any atom is -0.373 e. The van der Waals surface area contributed by atoms with Gasteiger partial charge in [0.1, 0.15) is 0 Å².